The number of carbonyl (C=O) groups is 1. The molecule has 1 amide bonds. The fourth-order valence-electron chi connectivity index (χ4n) is 3.76. The highest BCUT2D eigenvalue weighted by Gasteiger charge is 2.47. The average Bonchev–Trinajstić information content (AvgIpc) is 3.17. The minimum atomic E-state index is -4.75. The Hall–Kier alpha value is -3.21. The Labute approximate surface area is 194 Å². The smallest absolute Gasteiger partial charge is 0.363 e. The summed E-state index contributed by atoms with van der Waals surface area (Å²) in [4.78, 5) is 12.8. The van der Waals surface area contributed by atoms with Gasteiger partial charge in [0.2, 0.25) is 0 Å². The van der Waals surface area contributed by atoms with Crippen molar-refractivity contribution in [2.75, 3.05) is 10.6 Å². The summed E-state index contributed by atoms with van der Waals surface area (Å²) in [6, 6.07) is 6.93. The van der Waals surface area contributed by atoms with Gasteiger partial charge in [-0.2, -0.15) is 31.4 Å². The number of aryl methyl sites for hydroxylation is 1. The van der Waals surface area contributed by atoms with Crippen molar-refractivity contribution in [1.29, 1.82) is 0 Å². The van der Waals surface area contributed by atoms with Crippen LogP contribution >= 0.6 is 11.6 Å². The highest BCUT2D eigenvalue weighted by molar-refractivity contribution is 6.31. The van der Waals surface area contributed by atoms with Crippen molar-refractivity contribution in [2.24, 2.45) is 0 Å². The lowest BCUT2D eigenvalue weighted by Gasteiger charge is -2.34. The van der Waals surface area contributed by atoms with Crippen molar-refractivity contribution < 1.29 is 31.1 Å². The fraction of sp³-hybridized carbons (Fsp3) is 0.273. The van der Waals surface area contributed by atoms with E-state index in [9.17, 15) is 31.1 Å². The first-order valence-corrected chi connectivity index (χ1v) is 10.4. The van der Waals surface area contributed by atoms with Crippen molar-refractivity contribution in [1.82, 2.24) is 9.78 Å². The molecule has 0 spiro atoms. The van der Waals surface area contributed by atoms with Crippen LogP contribution in [0.3, 0.4) is 0 Å². The lowest BCUT2D eigenvalue weighted by molar-refractivity contribution is -0.173. The molecule has 0 unspecified atom stereocenters. The van der Waals surface area contributed by atoms with Gasteiger partial charge in [0.15, 0.2) is 6.04 Å². The van der Waals surface area contributed by atoms with E-state index in [1.165, 1.54) is 0 Å². The number of rotatable bonds is 3. The van der Waals surface area contributed by atoms with Gasteiger partial charge in [-0.3, -0.25) is 4.79 Å². The van der Waals surface area contributed by atoms with Gasteiger partial charge in [-0.15, -0.1) is 0 Å². The molecule has 0 saturated heterocycles. The standard InChI is InChI=1S/C22H17ClF6N4O/c1-11-2-4-12(5-3-11)17-9-18(22(27,28)29)33-19(32-17)14(10-30-33)20(34)31-13-6-7-16(23)15(8-13)21(24,25)26/h2-8,10,17-18,32H,9H2,1H3,(H,31,34)/t17-,18+/m0/s1. The average molecular weight is 503 g/mol. The third-order valence-corrected chi connectivity index (χ3v) is 5.82. The second kappa shape index (κ2) is 8.53. The molecule has 3 aromatic rings. The zero-order chi connectivity index (χ0) is 24.8. The lowest BCUT2D eigenvalue weighted by Crippen LogP contribution is -2.36. The van der Waals surface area contributed by atoms with Crippen LogP contribution in [0.2, 0.25) is 5.02 Å². The van der Waals surface area contributed by atoms with E-state index in [1.807, 2.05) is 6.92 Å². The minimum Gasteiger partial charge on any atom is -0.363 e. The predicted octanol–water partition coefficient (Wildman–Crippen LogP) is 6.78. The highest BCUT2D eigenvalue weighted by atomic mass is 35.5. The lowest BCUT2D eigenvalue weighted by atomic mass is 9.96. The highest BCUT2D eigenvalue weighted by Crippen LogP contribution is 2.44. The molecule has 12 heteroatoms. The Morgan fingerprint density at radius 2 is 1.79 bits per heavy atom. The molecule has 5 nitrogen and oxygen atoms in total. The summed E-state index contributed by atoms with van der Waals surface area (Å²) in [7, 11) is 0. The third-order valence-electron chi connectivity index (χ3n) is 5.49. The van der Waals surface area contributed by atoms with Gasteiger partial charge in [-0.05, 0) is 30.7 Å². The van der Waals surface area contributed by atoms with E-state index < -0.39 is 40.9 Å². The van der Waals surface area contributed by atoms with Crippen LogP contribution in [0.1, 0.15) is 45.6 Å². The Kier molecular flexibility index (Phi) is 6.01. The fourth-order valence-corrected chi connectivity index (χ4v) is 3.99. The summed E-state index contributed by atoms with van der Waals surface area (Å²) < 4.78 is 81.5. The molecule has 1 aromatic heterocycles. The van der Waals surface area contributed by atoms with Crippen molar-refractivity contribution >= 4 is 29.0 Å². The quantitative estimate of drug-likeness (QED) is 0.388. The zero-order valence-corrected chi connectivity index (χ0v) is 18.2. The summed E-state index contributed by atoms with van der Waals surface area (Å²) >= 11 is 5.59. The number of anilines is 2. The zero-order valence-electron chi connectivity index (χ0n) is 17.4. The molecule has 34 heavy (non-hydrogen) atoms. The largest absolute Gasteiger partial charge is 0.417 e. The molecular weight excluding hydrogens is 486 g/mol. The summed E-state index contributed by atoms with van der Waals surface area (Å²) in [5, 5.41) is 8.41. The Balaban J connectivity index is 1.67. The summed E-state index contributed by atoms with van der Waals surface area (Å²) in [5.74, 6) is -1.10. The number of hydrogen-bond donors (Lipinski definition) is 2. The maximum Gasteiger partial charge on any atom is 0.417 e. The molecule has 2 N–H and O–H groups in total. The maximum absolute atomic E-state index is 13.8. The molecule has 2 aromatic carbocycles. The Bertz CT molecular complexity index is 1220. The van der Waals surface area contributed by atoms with Crippen LogP contribution in [0.25, 0.3) is 0 Å². The van der Waals surface area contributed by atoms with Crippen LogP contribution in [-0.2, 0) is 6.18 Å². The van der Waals surface area contributed by atoms with Crippen LogP contribution in [0.4, 0.5) is 37.8 Å². The van der Waals surface area contributed by atoms with E-state index in [0.29, 0.717) is 16.3 Å². The summed E-state index contributed by atoms with van der Waals surface area (Å²) in [6.45, 7) is 1.84. The molecule has 0 fully saturated rings. The van der Waals surface area contributed by atoms with Gasteiger partial charge in [0.05, 0.1) is 22.8 Å². The Morgan fingerprint density at radius 1 is 1.12 bits per heavy atom. The molecule has 1 aliphatic rings. The van der Waals surface area contributed by atoms with E-state index >= 15 is 0 Å². The normalized spacial score (nSPS) is 18.2. The SMILES string of the molecule is Cc1ccc([C@@H]2C[C@H](C(F)(F)F)n3ncc(C(=O)Nc4ccc(Cl)c(C(F)(F)F)c4)c3N2)cc1. The van der Waals surface area contributed by atoms with Crippen molar-refractivity contribution in [3.63, 3.8) is 0 Å². The first-order chi connectivity index (χ1) is 15.8. The van der Waals surface area contributed by atoms with E-state index in [2.05, 4.69) is 15.7 Å². The second-order valence-electron chi connectivity index (χ2n) is 7.90. The van der Waals surface area contributed by atoms with Gasteiger partial charge < -0.3 is 10.6 Å². The molecule has 1 aliphatic heterocycles. The predicted molar refractivity (Wildman–Crippen MR) is 114 cm³/mol. The first kappa shape index (κ1) is 23.9. The number of nitrogens with one attached hydrogen (secondary N) is 2. The number of carbonyl (C=O) groups excluding carboxylic acids is 1. The molecule has 2 heterocycles. The number of hydrogen-bond acceptors (Lipinski definition) is 3. The van der Waals surface area contributed by atoms with Crippen LogP contribution in [0.5, 0.6) is 0 Å². The third kappa shape index (κ3) is 4.70. The van der Waals surface area contributed by atoms with Crippen LogP contribution in [-0.4, -0.2) is 21.9 Å². The van der Waals surface area contributed by atoms with Crippen LogP contribution in [0.15, 0.2) is 48.7 Å². The van der Waals surface area contributed by atoms with Crippen molar-refractivity contribution in [2.45, 2.75) is 37.8 Å². The second-order valence-corrected chi connectivity index (χ2v) is 8.31. The minimum absolute atomic E-state index is 0.179. The molecule has 180 valence electrons. The van der Waals surface area contributed by atoms with E-state index in [-0.39, 0.29) is 23.5 Å². The number of alkyl halides is 6. The molecular formula is C22H17ClF6N4O. The number of amides is 1. The number of benzene rings is 2. The summed E-state index contributed by atoms with van der Waals surface area (Å²) in [5.41, 5.74) is -0.0994. The van der Waals surface area contributed by atoms with Gasteiger partial charge in [0, 0.05) is 12.1 Å². The number of fused-ring (bicyclic) bond motifs is 1. The molecule has 0 radical (unpaired) electrons. The monoisotopic (exact) mass is 502 g/mol. The van der Waals surface area contributed by atoms with Crippen molar-refractivity contribution in [3.05, 3.63) is 75.9 Å². The van der Waals surface area contributed by atoms with Crippen LogP contribution in [0, 0.1) is 6.92 Å². The topological polar surface area (TPSA) is 59.0 Å². The number of nitrogens with zero attached hydrogens (tertiary/aromatic N) is 2. The summed E-state index contributed by atoms with van der Waals surface area (Å²) in [6.07, 6.45) is -8.79. The molecule has 2 atom stereocenters. The Morgan fingerprint density at radius 3 is 2.41 bits per heavy atom. The van der Waals surface area contributed by atoms with E-state index in [1.54, 1.807) is 24.3 Å². The molecule has 0 aliphatic carbocycles. The first-order valence-electron chi connectivity index (χ1n) is 10.00. The van der Waals surface area contributed by atoms with Gasteiger partial charge in [-0.1, -0.05) is 41.4 Å². The number of aromatic nitrogens is 2. The van der Waals surface area contributed by atoms with E-state index in [0.717, 1.165) is 23.9 Å². The van der Waals surface area contributed by atoms with E-state index in [4.69, 9.17) is 11.6 Å². The van der Waals surface area contributed by atoms with Crippen molar-refractivity contribution in [3.8, 4) is 0 Å². The van der Waals surface area contributed by atoms with Gasteiger partial charge in [0.1, 0.15) is 11.4 Å². The molecule has 0 saturated carbocycles. The molecule has 0 bridgehead atoms. The number of halogens is 7. The maximum atomic E-state index is 13.8. The van der Waals surface area contributed by atoms with Gasteiger partial charge in [0.25, 0.3) is 5.91 Å². The van der Waals surface area contributed by atoms with Gasteiger partial charge >= 0.3 is 12.4 Å². The van der Waals surface area contributed by atoms with Crippen LogP contribution < -0.4 is 10.6 Å². The molecule has 4 rings (SSSR count). The van der Waals surface area contributed by atoms with Gasteiger partial charge in [-0.25, -0.2) is 4.68 Å².